The first-order chi connectivity index (χ1) is 25.8. The van der Waals surface area contributed by atoms with Crippen molar-refractivity contribution in [2.24, 2.45) is 16.7 Å². The average molecular weight is 723 g/mol. The number of aromatic nitrogens is 2. The second-order valence-electron chi connectivity index (χ2n) is 21.5. The minimum Gasteiger partial charge on any atom is -0.455 e. The SMILES string of the molecule is CC(C)(C)C1=Cc2c3n(c4c2=CC(C(C)(C)C)CC=4)-c2ccc4c(oc5c4ccc4c5c5cc(C(C)(C)C)cc6c7cc(C(C)(C)C)ccc7n4c65)c2C3C1. The van der Waals surface area contributed by atoms with Gasteiger partial charge in [0.15, 0.2) is 0 Å². The number of hydrogen-bond acceptors (Lipinski definition) is 1. The lowest BCUT2D eigenvalue weighted by molar-refractivity contribution is 0.314. The van der Waals surface area contributed by atoms with E-state index < -0.39 is 0 Å². The summed E-state index contributed by atoms with van der Waals surface area (Å²) in [4.78, 5) is 0. The monoisotopic (exact) mass is 722 g/mol. The van der Waals surface area contributed by atoms with Gasteiger partial charge in [0.05, 0.1) is 27.6 Å². The highest BCUT2D eigenvalue weighted by molar-refractivity contribution is 6.30. The van der Waals surface area contributed by atoms with Crippen LogP contribution in [0.5, 0.6) is 0 Å². The Morgan fingerprint density at radius 2 is 1.33 bits per heavy atom. The van der Waals surface area contributed by atoms with E-state index in [2.05, 4.69) is 165 Å². The lowest BCUT2D eigenvalue weighted by atomic mass is 9.73. The van der Waals surface area contributed by atoms with Crippen LogP contribution in [-0.4, -0.2) is 8.97 Å². The predicted molar refractivity (Wildman–Crippen MR) is 235 cm³/mol. The van der Waals surface area contributed by atoms with E-state index in [0.717, 1.165) is 24.0 Å². The minimum atomic E-state index is -0.00295. The summed E-state index contributed by atoms with van der Waals surface area (Å²) in [7, 11) is 0. The van der Waals surface area contributed by atoms with Crippen LogP contribution < -0.4 is 10.6 Å². The Hall–Kier alpha value is -4.76. The molecule has 2 unspecified atom stereocenters. The zero-order valence-corrected chi connectivity index (χ0v) is 34.8. The Morgan fingerprint density at radius 1 is 0.655 bits per heavy atom. The first kappa shape index (κ1) is 33.6. The van der Waals surface area contributed by atoms with Crippen molar-refractivity contribution < 1.29 is 4.42 Å². The van der Waals surface area contributed by atoms with Crippen LogP contribution in [0.4, 0.5) is 0 Å². The molecule has 0 fully saturated rings. The van der Waals surface area contributed by atoms with E-state index >= 15 is 0 Å². The Balaban J connectivity index is 1.23. The Labute approximate surface area is 324 Å². The molecule has 4 aromatic carbocycles. The summed E-state index contributed by atoms with van der Waals surface area (Å²) < 4.78 is 12.6. The minimum absolute atomic E-state index is 0.00295. The van der Waals surface area contributed by atoms with Crippen molar-refractivity contribution in [2.45, 2.75) is 113 Å². The summed E-state index contributed by atoms with van der Waals surface area (Å²) in [6, 6.07) is 21.5. The number of benzene rings is 4. The van der Waals surface area contributed by atoms with E-state index in [1.807, 2.05) is 0 Å². The van der Waals surface area contributed by atoms with Crippen LogP contribution in [0.1, 0.15) is 130 Å². The summed E-state index contributed by atoms with van der Waals surface area (Å²) in [5.74, 6) is 0.777. The fraction of sp³-hybridized carbons (Fsp3) is 0.385. The Morgan fingerprint density at radius 3 is 2.04 bits per heavy atom. The molecule has 0 bridgehead atoms. The van der Waals surface area contributed by atoms with E-state index in [9.17, 15) is 0 Å². The molecular formula is C52H54N2O. The highest BCUT2D eigenvalue weighted by Gasteiger charge is 2.41. The number of rotatable bonds is 0. The number of furan rings is 1. The van der Waals surface area contributed by atoms with Gasteiger partial charge in [-0.25, -0.2) is 0 Å². The van der Waals surface area contributed by atoms with Gasteiger partial charge >= 0.3 is 0 Å². The van der Waals surface area contributed by atoms with Crippen LogP contribution in [-0.2, 0) is 10.8 Å². The quantitative estimate of drug-likeness (QED) is 0.153. The molecule has 11 rings (SSSR count). The average Bonchev–Trinajstić information content (AvgIpc) is 3.89. The third-order valence-corrected chi connectivity index (χ3v) is 13.9. The molecule has 0 saturated heterocycles. The van der Waals surface area contributed by atoms with Gasteiger partial charge in [0.2, 0.25) is 0 Å². The molecule has 3 nitrogen and oxygen atoms in total. The van der Waals surface area contributed by atoms with E-state index in [1.54, 1.807) is 0 Å². The van der Waals surface area contributed by atoms with Crippen molar-refractivity contribution >= 4 is 78.3 Å². The first-order valence-electron chi connectivity index (χ1n) is 20.6. The smallest absolute Gasteiger partial charge is 0.145 e. The lowest BCUT2D eigenvalue weighted by Crippen LogP contribution is -2.35. The summed E-state index contributed by atoms with van der Waals surface area (Å²) >= 11 is 0. The molecule has 3 aliphatic rings. The zero-order chi connectivity index (χ0) is 38.5. The van der Waals surface area contributed by atoms with Crippen molar-refractivity contribution in [2.75, 3.05) is 0 Å². The van der Waals surface area contributed by atoms with Crippen molar-refractivity contribution in [1.29, 1.82) is 0 Å². The third-order valence-electron chi connectivity index (χ3n) is 13.9. The molecule has 3 heteroatoms. The number of fused-ring (bicyclic) bond motifs is 17. The second-order valence-corrected chi connectivity index (χ2v) is 21.5. The van der Waals surface area contributed by atoms with Gasteiger partial charge in [-0.2, -0.15) is 0 Å². The van der Waals surface area contributed by atoms with Crippen LogP contribution in [0.3, 0.4) is 0 Å². The van der Waals surface area contributed by atoms with Gasteiger partial charge in [-0.1, -0.05) is 113 Å². The molecule has 0 amide bonds. The molecule has 4 aromatic heterocycles. The lowest BCUT2D eigenvalue weighted by Gasteiger charge is -2.30. The fourth-order valence-corrected chi connectivity index (χ4v) is 10.6. The van der Waals surface area contributed by atoms with Crippen molar-refractivity contribution in [3.8, 4) is 5.69 Å². The number of hydrogen-bond donors (Lipinski definition) is 0. The maximum Gasteiger partial charge on any atom is 0.145 e. The molecule has 0 radical (unpaired) electrons. The van der Waals surface area contributed by atoms with Gasteiger partial charge in [0, 0.05) is 60.2 Å². The maximum absolute atomic E-state index is 7.43. The van der Waals surface area contributed by atoms with E-state index in [4.69, 9.17) is 4.42 Å². The highest BCUT2D eigenvalue weighted by atomic mass is 16.3. The molecule has 1 aliphatic heterocycles. The summed E-state index contributed by atoms with van der Waals surface area (Å²) in [6.45, 7) is 28.3. The second kappa shape index (κ2) is 10.2. The molecule has 2 aliphatic carbocycles. The molecule has 55 heavy (non-hydrogen) atoms. The fourth-order valence-electron chi connectivity index (χ4n) is 10.6. The van der Waals surface area contributed by atoms with Crippen molar-refractivity contribution in [1.82, 2.24) is 8.97 Å². The van der Waals surface area contributed by atoms with Crippen molar-refractivity contribution in [3.63, 3.8) is 0 Å². The van der Waals surface area contributed by atoms with Gasteiger partial charge < -0.3 is 13.4 Å². The van der Waals surface area contributed by atoms with Crippen LogP contribution in [0, 0.1) is 16.7 Å². The van der Waals surface area contributed by atoms with Crippen LogP contribution in [0.15, 0.2) is 64.6 Å². The molecule has 5 heterocycles. The number of nitrogens with zero attached hydrogens (tertiary/aromatic N) is 2. The van der Waals surface area contributed by atoms with Gasteiger partial charge in [0.1, 0.15) is 11.2 Å². The van der Waals surface area contributed by atoms with E-state index in [1.165, 1.54) is 98.6 Å². The molecule has 8 aromatic rings. The van der Waals surface area contributed by atoms with Gasteiger partial charge in [-0.3, -0.25) is 0 Å². The third kappa shape index (κ3) is 4.33. The molecule has 278 valence electrons. The van der Waals surface area contributed by atoms with Crippen LogP contribution in [0.2, 0.25) is 0 Å². The van der Waals surface area contributed by atoms with Crippen LogP contribution in [0.25, 0.3) is 83.9 Å². The largest absolute Gasteiger partial charge is 0.455 e. The van der Waals surface area contributed by atoms with E-state index in [0.29, 0.717) is 5.92 Å². The molecule has 0 spiro atoms. The number of allylic oxidation sites excluding steroid dienone is 1. The van der Waals surface area contributed by atoms with Gasteiger partial charge in [0.25, 0.3) is 0 Å². The maximum atomic E-state index is 7.43. The molecular weight excluding hydrogens is 669 g/mol. The Bertz CT molecular complexity index is 3180. The van der Waals surface area contributed by atoms with Gasteiger partial charge in [-0.05, 0) is 100 Å². The first-order valence-corrected chi connectivity index (χ1v) is 20.6. The van der Waals surface area contributed by atoms with Crippen LogP contribution >= 0.6 is 0 Å². The van der Waals surface area contributed by atoms with Crippen molar-refractivity contribution in [3.05, 3.63) is 98.7 Å². The molecule has 0 N–H and O–H groups in total. The van der Waals surface area contributed by atoms with Gasteiger partial charge in [-0.15, -0.1) is 0 Å². The topological polar surface area (TPSA) is 22.5 Å². The summed E-state index contributed by atoms with van der Waals surface area (Å²) in [6.07, 6.45) is 9.79. The Kier molecular flexibility index (Phi) is 6.20. The zero-order valence-electron chi connectivity index (χ0n) is 34.8. The van der Waals surface area contributed by atoms with E-state index in [-0.39, 0.29) is 27.6 Å². The predicted octanol–water partition coefficient (Wildman–Crippen LogP) is 13.0. The standard InChI is InChI=1S/C52H54N2O/c1-49(2,3)27-13-17-39-33(21-27)35-23-29(51(7,8)9)25-37-43-41(53(39)45(35)37)19-15-31-32-16-20-42-44(48(32)55-47(31)43)38-26-30(52(10,11)12)24-36-34-22-28(50(4,5)6)14-18-40(34)54(42)46(36)38/h13,15-25,28,38H,14,26H2,1-12H3. The summed E-state index contributed by atoms with van der Waals surface area (Å²) in [5, 5.41) is 10.5. The highest BCUT2D eigenvalue weighted by Crippen LogP contribution is 2.53. The normalized spacial score (nSPS) is 18.8. The molecule has 2 atom stereocenters. The molecule has 0 saturated carbocycles. The summed E-state index contributed by atoms with van der Waals surface area (Å²) in [5.41, 5.74) is 16.1.